The number of aliphatic hydroxyl groups excluding tert-OH is 1. The average molecular weight is 213 g/mol. The number of halogens is 1. The van der Waals surface area contributed by atoms with Gasteiger partial charge >= 0.3 is 5.97 Å². The summed E-state index contributed by atoms with van der Waals surface area (Å²) in [5.74, 6) is -1.58. The highest BCUT2D eigenvalue weighted by Gasteiger charge is 2.17. The first-order valence-corrected chi connectivity index (χ1v) is 4.42. The van der Waals surface area contributed by atoms with Gasteiger partial charge in [0.15, 0.2) is 0 Å². The molecule has 0 fully saturated rings. The van der Waals surface area contributed by atoms with Gasteiger partial charge in [-0.2, -0.15) is 0 Å². The van der Waals surface area contributed by atoms with E-state index in [0.29, 0.717) is 5.56 Å². The summed E-state index contributed by atoms with van der Waals surface area (Å²) in [6.45, 7) is 0. The van der Waals surface area contributed by atoms with E-state index in [-0.39, 0.29) is 6.42 Å². The van der Waals surface area contributed by atoms with Crippen LogP contribution in [0.4, 0.5) is 4.39 Å². The third-order valence-corrected chi connectivity index (χ3v) is 2.05. The topological polar surface area (TPSA) is 83.5 Å². The lowest BCUT2D eigenvalue weighted by Gasteiger charge is -2.13. The number of rotatable bonds is 4. The molecule has 4 N–H and O–H groups in total. The van der Waals surface area contributed by atoms with Crippen molar-refractivity contribution in [3.63, 3.8) is 0 Å². The number of aliphatic hydroxyl groups is 1. The monoisotopic (exact) mass is 213 g/mol. The highest BCUT2D eigenvalue weighted by atomic mass is 19.1. The number of carboxylic acid groups (broad SMARTS) is 1. The Morgan fingerprint density at radius 1 is 1.40 bits per heavy atom. The van der Waals surface area contributed by atoms with Gasteiger partial charge in [0, 0.05) is 6.42 Å². The Morgan fingerprint density at radius 2 is 1.93 bits per heavy atom. The predicted octanol–water partition coefficient (Wildman–Crippen LogP) is 0.661. The van der Waals surface area contributed by atoms with Crippen LogP contribution in [0.25, 0.3) is 0 Å². The van der Waals surface area contributed by atoms with Crippen LogP contribution in [0.1, 0.15) is 18.1 Å². The zero-order valence-corrected chi connectivity index (χ0v) is 7.93. The number of benzene rings is 1. The SMILES string of the molecule is N[C@@H](C[C@H](O)c1ccc(F)cc1)C(=O)O. The summed E-state index contributed by atoms with van der Waals surface area (Å²) in [6.07, 6.45) is -1.09. The molecule has 0 aliphatic heterocycles. The van der Waals surface area contributed by atoms with Crippen LogP contribution in [0.3, 0.4) is 0 Å². The minimum Gasteiger partial charge on any atom is -0.480 e. The second-order valence-corrected chi connectivity index (χ2v) is 3.25. The van der Waals surface area contributed by atoms with Gasteiger partial charge in [-0.15, -0.1) is 0 Å². The smallest absolute Gasteiger partial charge is 0.320 e. The van der Waals surface area contributed by atoms with E-state index in [1.165, 1.54) is 24.3 Å². The molecular weight excluding hydrogens is 201 g/mol. The van der Waals surface area contributed by atoms with Gasteiger partial charge in [-0.25, -0.2) is 4.39 Å². The van der Waals surface area contributed by atoms with E-state index in [4.69, 9.17) is 10.8 Å². The Bertz CT molecular complexity index is 339. The van der Waals surface area contributed by atoms with Crippen molar-refractivity contribution in [2.75, 3.05) is 0 Å². The molecule has 82 valence electrons. The van der Waals surface area contributed by atoms with Crippen LogP contribution in [0, 0.1) is 5.82 Å². The Kier molecular flexibility index (Phi) is 3.76. The largest absolute Gasteiger partial charge is 0.480 e. The number of nitrogens with two attached hydrogens (primary N) is 1. The maximum atomic E-state index is 12.5. The summed E-state index contributed by atoms with van der Waals surface area (Å²) < 4.78 is 12.5. The maximum Gasteiger partial charge on any atom is 0.320 e. The van der Waals surface area contributed by atoms with E-state index in [1.54, 1.807) is 0 Å². The molecule has 1 aromatic carbocycles. The number of hydrogen-bond acceptors (Lipinski definition) is 3. The average Bonchev–Trinajstić information content (AvgIpc) is 2.18. The second kappa shape index (κ2) is 4.86. The molecule has 0 unspecified atom stereocenters. The van der Waals surface area contributed by atoms with Crippen LogP contribution in [-0.4, -0.2) is 22.2 Å². The molecule has 0 saturated carbocycles. The van der Waals surface area contributed by atoms with E-state index < -0.39 is 23.9 Å². The fourth-order valence-electron chi connectivity index (χ4n) is 1.16. The van der Waals surface area contributed by atoms with Crippen LogP contribution in [0.2, 0.25) is 0 Å². The Hall–Kier alpha value is -1.46. The number of hydrogen-bond donors (Lipinski definition) is 3. The summed E-state index contributed by atoms with van der Waals surface area (Å²) in [5, 5.41) is 18.1. The molecule has 4 nitrogen and oxygen atoms in total. The molecule has 1 rings (SSSR count). The standard InChI is InChI=1S/C10H12FNO3/c11-7-3-1-6(2-4-7)9(13)5-8(12)10(14)15/h1-4,8-9,13H,5,12H2,(H,14,15)/t8-,9-/m0/s1. The quantitative estimate of drug-likeness (QED) is 0.686. The van der Waals surface area contributed by atoms with Crippen molar-refractivity contribution >= 4 is 5.97 Å². The molecule has 0 bridgehead atoms. The summed E-state index contributed by atoms with van der Waals surface area (Å²) in [4.78, 5) is 10.4. The van der Waals surface area contributed by atoms with Crippen molar-refractivity contribution < 1.29 is 19.4 Å². The third kappa shape index (κ3) is 3.30. The van der Waals surface area contributed by atoms with Gasteiger partial charge in [-0.3, -0.25) is 4.79 Å². The van der Waals surface area contributed by atoms with Crippen molar-refractivity contribution in [2.45, 2.75) is 18.6 Å². The van der Waals surface area contributed by atoms with E-state index in [9.17, 15) is 14.3 Å². The predicted molar refractivity (Wildman–Crippen MR) is 51.6 cm³/mol. The fourth-order valence-corrected chi connectivity index (χ4v) is 1.16. The molecule has 0 spiro atoms. The van der Waals surface area contributed by atoms with Gasteiger partial charge < -0.3 is 15.9 Å². The van der Waals surface area contributed by atoms with Crippen LogP contribution >= 0.6 is 0 Å². The fraction of sp³-hybridized carbons (Fsp3) is 0.300. The molecule has 5 heteroatoms. The third-order valence-electron chi connectivity index (χ3n) is 2.05. The van der Waals surface area contributed by atoms with Gasteiger partial charge in [-0.1, -0.05) is 12.1 Å². The summed E-state index contributed by atoms with van der Waals surface area (Å²) in [7, 11) is 0. The van der Waals surface area contributed by atoms with Crippen molar-refractivity contribution in [3.05, 3.63) is 35.6 Å². The maximum absolute atomic E-state index is 12.5. The van der Waals surface area contributed by atoms with Crippen molar-refractivity contribution in [1.29, 1.82) is 0 Å². The summed E-state index contributed by atoms with van der Waals surface area (Å²) >= 11 is 0. The first-order chi connectivity index (χ1) is 7.00. The first-order valence-electron chi connectivity index (χ1n) is 4.42. The van der Waals surface area contributed by atoms with Gasteiger partial charge in [0.1, 0.15) is 11.9 Å². The van der Waals surface area contributed by atoms with Crippen LogP contribution < -0.4 is 5.73 Å². The molecule has 0 aliphatic carbocycles. The lowest BCUT2D eigenvalue weighted by molar-refractivity contribution is -0.139. The van der Waals surface area contributed by atoms with Crippen molar-refractivity contribution in [3.8, 4) is 0 Å². The molecule has 0 amide bonds. The van der Waals surface area contributed by atoms with Gasteiger partial charge in [-0.05, 0) is 17.7 Å². The van der Waals surface area contributed by atoms with Crippen LogP contribution in [0.15, 0.2) is 24.3 Å². The molecule has 1 aromatic rings. The Morgan fingerprint density at radius 3 is 2.40 bits per heavy atom. The first kappa shape index (κ1) is 11.6. The molecule has 0 radical (unpaired) electrons. The van der Waals surface area contributed by atoms with Crippen LogP contribution in [-0.2, 0) is 4.79 Å². The van der Waals surface area contributed by atoms with Crippen molar-refractivity contribution in [1.82, 2.24) is 0 Å². The van der Waals surface area contributed by atoms with E-state index in [2.05, 4.69) is 0 Å². The Labute approximate surface area is 86.1 Å². The number of aliphatic carboxylic acids is 1. The zero-order chi connectivity index (χ0) is 11.4. The van der Waals surface area contributed by atoms with E-state index in [0.717, 1.165) is 0 Å². The zero-order valence-electron chi connectivity index (χ0n) is 7.93. The lowest BCUT2D eigenvalue weighted by atomic mass is 10.0. The van der Waals surface area contributed by atoms with Crippen molar-refractivity contribution in [2.24, 2.45) is 5.73 Å². The highest BCUT2D eigenvalue weighted by Crippen LogP contribution is 2.17. The molecular formula is C10H12FNO3. The molecule has 0 heterocycles. The van der Waals surface area contributed by atoms with Gasteiger partial charge in [0.05, 0.1) is 6.10 Å². The molecule has 0 aromatic heterocycles. The normalized spacial score (nSPS) is 14.6. The molecule has 2 atom stereocenters. The summed E-state index contributed by atoms with van der Waals surface area (Å²) in [6, 6.07) is 4.07. The molecule has 0 saturated heterocycles. The molecule has 15 heavy (non-hydrogen) atoms. The van der Waals surface area contributed by atoms with Crippen LogP contribution in [0.5, 0.6) is 0 Å². The van der Waals surface area contributed by atoms with E-state index in [1.807, 2.05) is 0 Å². The minimum absolute atomic E-state index is 0.0963. The van der Waals surface area contributed by atoms with Gasteiger partial charge in [0.25, 0.3) is 0 Å². The number of carbonyl (C=O) groups is 1. The second-order valence-electron chi connectivity index (χ2n) is 3.25. The molecule has 0 aliphatic rings. The number of carboxylic acids is 1. The lowest BCUT2D eigenvalue weighted by Crippen LogP contribution is -2.31. The highest BCUT2D eigenvalue weighted by molar-refractivity contribution is 5.73. The Balaban J connectivity index is 2.64. The van der Waals surface area contributed by atoms with E-state index >= 15 is 0 Å². The minimum atomic E-state index is -1.17. The summed E-state index contributed by atoms with van der Waals surface area (Å²) in [5.41, 5.74) is 5.70. The van der Waals surface area contributed by atoms with Gasteiger partial charge in [0.2, 0.25) is 0 Å².